The number of benzene rings is 1. The van der Waals surface area contributed by atoms with Crippen LogP contribution in [0.1, 0.15) is 30.1 Å². The number of alkyl halides is 3. The summed E-state index contributed by atoms with van der Waals surface area (Å²) in [6, 6.07) is 8.76. The highest BCUT2D eigenvalue weighted by Gasteiger charge is 2.40. The van der Waals surface area contributed by atoms with Gasteiger partial charge in [0.15, 0.2) is 12.1 Å². The fourth-order valence-electron chi connectivity index (χ4n) is 3.24. The molecule has 0 saturated heterocycles. The molecule has 3 rings (SSSR count). The average molecular weight is 505 g/mol. The number of halogens is 3. The molecule has 0 saturated carbocycles. The molecule has 186 valence electrons. The molecule has 1 aromatic heterocycles. The number of carbonyl (C=O) groups is 2. The summed E-state index contributed by atoms with van der Waals surface area (Å²) in [6.45, 7) is -0.412. The quantitative estimate of drug-likeness (QED) is 0.423. The highest BCUT2D eigenvalue weighted by molar-refractivity contribution is 7.86. The summed E-state index contributed by atoms with van der Waals surface area (Å²) in [4.78, 5) is 25.9. The van der Waals surface area contributed by atoms with Gasteiger partial charge in [-0.05, 0) is 5.56 Å². The maximum absolute atomic E-state index is 13.0. The van der Waals surface area contributed by atoms with Gasteiger partial charge < -0.3 is 14.2 Å². The summed E-state index contributed by atoms with van der Waals surface area (Å²) < 4.78 is 72.7. The third-order valence-corrected chi connectivity index (χ3v) is 5.34. The Balaban J connectivity index is 1.55. The molecule has 1 aliphatic heterocycles. The van der Waals surface area contributed by atoms with Gasteiger partial charge >= 0.3 is 12.3 Å². The zero-order valence-corrected chi connectivity index (χ0v) is 18.8. The first-order valence-electron chi connectivity index (χ1n) is 10.0. The molecule has 15 heteroatoms. The summed E-state index contributed by atoms with van der Waals surface area (Å²) in [5, 5.41) is 8.91. The Morgan fingerprint density at radius 1 is 1.18 bits per heavy atom. The van der Waals surface area contributed by atoms with E-state index in [9.17, 15) is 31.2 Å². The van der Waals surface area contributed by atoms with Crippen molar-refractivity contribution in [1.29, 1.82) is 0 Å². The number of aromatic nitrogens is 3. The Bertz CT molecular complexity index is 1120. The van der Waals surface area contributed by atoms with Crippen LogP contribution in [-0.2, 0) is 49.7 Å². The summed E-state index contributed by atoms with van der Waals surface area (Å²) in [5.74, 6) is -1.63. The number of alkyl carbamates (subject to hydrolysis) is 1. The minimum atomic E-state index is -4.66. The largest absolute Gasteiger partial charge is 0.451 e. The molecule has 11 nitrogen and oxygen atoms in total. The van der Waals surface area contributed by atoms with Crippen molar-refractivity contribution in [3.63, 3.8) is 0 Å². The van der Waals surface area contributed by atoms with Crippen LogP contribution in [0.15, 0.2) is 30.3 Å². The molecule has 0 aliphatic carbocycles. The van der Waals surface area contributed by atoms with E-state index in [1.807, 2.05) is 0 Å². The molecular weight excluding hydrogens is 483 g/mol. The lowest BCUT2D eigenvalue weighted by Crippen LogP contribution is -2.42. The number of carbonyl (C=O) groups excluding carboxylic acids is 2. The van der Waals surface area contributed by atoms with Gasteiger partial charge in [-0.1, -0.05) is 30.3 Å². The maximum atomic E-state index is 13.0. The van der Waals surface area contributed by atoms with Crippen molar-refractivity contribution in [2.75, 3.05) is 12.8 Å². The van der Waals surface area contributed by atoms with Gasteiger partial charge in [0.1, 0.15) is 6.61 Å². The molecule has 1 N–H and O–H groups in total. The van der Waals surface area contributed by atoms with Gasteiger partial charge in [-0.2, -0.15) is 21.6 Å². The lowest BCUT2D eigenvalue weighted by molar-refractivity contribution is -0.148. The number of nitrogens with one attached hydrogen (secondary N) is 1. The molecule has 1 atom stereocenters. The normalized spacial score (nSPS) is 14.9. The fourth-order valence-corrected chi connectivity index (χ4v) is 3.81. The van der Waals surface area contributed by atoms with Gasteiger partial charge in [0.2, 0.25) is 11.7 Å². The first-order chi connectivity index (χ1) is 15.9. The predicted octanol–water partition coefficient (Wildman–Crippen LogP) is 1.65. The highest BCUT2D eigenvalue weighted by Crippen LogP contribution is 2.29. The first kappa shape index (κ1) is 25.4. The minimum Gasteiger partial charge on any atom is -0.445 e. The monoisotopic (exact) mass is 505 g/mol. The second-order valence-corrected chi connectivity index (χ2v) is 9.04. The summed E-state index contributed by atoms with van der Waals surface area (Å²) >= 11 is 0. The van der Waals surface area contributed by atoms with Crippen molar-refractivity contribution in [2.45, 2.75) is 44.9 Å². The third-order valence-electron chi connectivity index (χ3n) is 4.76. The summed E-state index contributed by atoms with van der Waals surface area (Å²) in [7, 11) is -3.98. The lowest BCUT2D eigenvalue weighted by atomic mass is 10.2. The Hall–Kier alpha value is -3.20. The second-order valence-electron chi connectivity index (χ2n) is 7.44. The van der Waals surface area contributed by atoms with Crippen molar-refractivity contribution in [1.82, 2.24) is 25.0 Å². The van der Waals surface area contributed by atoms with Crippen LogP contribution in [-0.4, -0.2) is 59.1 Å². The number of fused-ring (bicyclic) bond motifs is 1. The maximum Gasteiger partial charge on any atom is 0.451 e. The van der Waals surface area contributed by atoms with Crippen molar-refractivity contribution >= 4 is 22.1 Å². The van der Waals surface area contributed by atoms with Gasteiger partial charge in [0.05, 0.1) is 12.8 Å². The van der Waals surface area contributed by atoms with Gasteiger partial charge in [0.25, 0.3) is 10.1 Å². The van der Waals surface area contributed by atoms with Crippen LogP contribution in [0.4, 0.5) is 18.0 Å². The predicted molar refractivity (Wildman–Crippen MR) is 109 cm³/mol. The molecule has 0 fully saturated rings. The minimum absolute atomic E-state index is 0.0153. The average Bonchev–Trinajstić information content (AvgIpc) is 3.19. The number of ether oxygens (including phenoxy) is 1. The Kier molecular flexibility index (Phi) is 7.76. The zero-order valence-electron chi connectivity index (χ0n) is 18.0. The standard InChI is InChI=1S/C19H22F3N5O6S/c1-34(30,31)33-15(23-18(29)32-12-13-5-3-2-4-6-13)7-8-16(28)26-9-10-27-14(11-26)24-25-17(27)19(20,21)22/h2-6,15H,7-12H2,1H3,(H,23,29). The van der Waals surface area contributed by atoms with Crippen LogP contribution in [0.5, 0.6) is 0 Å². The highest BCUT2D eigenvalue weighted by atomic mass is 32.2. The molecule has 0 bridgehead atoms. The van der Waals surface area contributed by atoms with Crippen LogP contribution in [0.2, 0.25) is 0 Å². The van der Waals surface area contributed by atoms with Gasteiger partial charge in [-0.3, -0.25) is 10.1 Å². The van der Waals surface area contributed by atoms with E-state index in [-0.39, 0.29) is 44.9 Å². The Morgan fingerprint density at radius 3 is 2.53 bits per heavy atom. The van der Waals surface area contributed by atoms with Crippen LogP contribution < -0.4 is 5.32 Å². The number of hydrogen-bond acceptors (Lipinski definition) is 8. The topological polar surface area (TPSA) is 133 Å². The third kappa shape index (κ3) is 7.15. The molecule has 2 amide bonds. The van der Waals surface area contributed by atoms with Crippen molar-refractivity contribution < 1.29 is 40.1 Å². The molecule has 1 aromatic carbocycles. The van der Waals surface area contributed by atoms with Gasteiger partial charge in [0, 0.05) is 25.9 Å². The number of amides is 2. The Labute approximate surface area is 193 Å². The van der Waals surface area contributed by atoms with Crippen LogP contribution in [0.25, 0.3) is 0 Å². The number of nitrogens with zero attached hydrogens (tertiary/aromatic N) is 4. The molecule has 2 heterocycles. The number of rotatable bonds is 8. The molecule has 1 unspecified atom stereocenters. The van der Waals surface area contributed by atoms with E-state index >= 15 is 0 Å². The van der Waals surface area contributed by atoms with E-state index in [4.69, 9.17) is 8.92 Å². The van der Waals surface area contributed by atoms with E-state index in [0.717, 1.165) is 10.8 Å². The summed E-state index contributed by atoms with van der Waals surface area (Å²) in [5.41, 5.74) is 0.708. The van der Waals surface area contributed by atoms with Crippen molar-refractivity contribution in [3.8, 4) is 0 Å². The Morgan fingerprint density at radius 2 is 1.88 bits per heavy atom. The van der Waals surface area contributed by atoms with Gasteiger partial charge in [-0.15, -0.1) is 10.2 Å². The van der Waals surface area contributed by atoms with Gasteiger partial charge in [-0.25, -0.2) is 8.98 Å². The SMILES string of the molecule is CS(=O)(=O)OC(CCC(=O)N1CCn2c(nnc2C(F)(F)F)C1)NC(=O)OCc1ccccc1. The van der Waals surface area contributed by atoms with Crippen molar-refractivity contribution in [3.05, 3.63) is 47.5 Å². The molecule has 0 spiro atoms. The van der Waals surface area contributed by atoms with Crippen LogP contribution in [0, 0.1) is 0 Å². The fraction of sp³-hybridized carbons (Fsp3) is 0.474. The van der Waals surface area contributed by atoms with E-state index in [2.05, 4.69) is 15.5 Å². The molecule has 34 heavy (non-hydrogen) atoms. The van der Waals surface area contributed by atoms with Crippen LogP contribution >= 0.6 is 0 Å². The van der Waals surface area contributed by atoms with E-state index < -0.39 is 40.3 Å². The van der Waals surface area contributed by atoms with E-state index in [0.29, 0.717) is 5.56 Å². The summed E-state index contributed by atoms with van der Waals surface area (Å²) in [6.07, 6.45) is -6.67. The molecule has 1 aliphatic rings. The molecular formula is C19H22F3N5O6S. The number of hydrogen-bond donors (Lipinski definition) is 1. The zero-order chi connectivity index (χ0) is 24.9. The second kappa shape index (κ2) is 10.4. The smallest absolute Gasteiger partial charge is 0.445 e. The van der Waals surface area contributed by atoms with Crippen molar-refractivity contribution in [2.24, 2.45) is 0 Å². The first-order valence-corrected chi connectivity index (χ1v) is 11.9. The van der Waals surface area contributed by atoms with E-state index in [1.165, 1.54) is 4.90 Å². The lowest BCUT2D eigenvalue weighted by Gasteiger charge is -2.28. The van der Waals surface area contributed by atoms with E-state index in [1.54, 1.807) is 30.3 Å². The van der Waals surface area contributed by atoms with Crippen LogP contribution in [0.3, 0.4) is 0 Å². The molecule has 0 radical (unpaired) electrons. The molecule has 2 aromatic rings.